The third-order valence-corrected chi connectivity index (χ3v) is 4.88. The molecule has 0 fully saturated rings. The molecule has 0 spiro atoms. The van der Waals surface area contributed by atoms with Gasteiger partial charge in [-0.15, -0.1) is 10.2 Å². The quantitative estimate of drug-likeness (QED) is 0.500. The van der Waals surface area contributed by atoms with E-state index in [1.54, 1.807) is 17.0 Å². The van der Waals surface area contributed by atoms with Gasteiger partial charge >= 0.3 is 5.76 Å². The molecular formula is C17H13ClN4O2S. The number of para-hydroxylation sites is 2. The molecule has 8 heteroatoms. The van der Waals surface area contributed by atoms with Gasteiger partial charge in [0.15, 0.2) is 10.7 Å². The average Bonchev–Trinajstić information content (AvgIpc) is 3.20. The van der Waals surface area contributed by atoms with Crippen LogP contribution in [0.25, 0.3) is 16.8 Å². The van der Waals surface area contributed by atoms with E-state index in [1.165, 1.54) is 11.8 Å². The second-order valence-electron chi connectivity index (χ2n) is 5.30. The second-order valence-corrected chi connectivity index (χ2v) is 6.80. The van der Waals surface area contributed by atoms with Crippen molar-refractivity contribution >= 4 is 34.5 Å². The highest BCUT2D eigenvalue weighted by Crippen LogP contribution is 2.22. The van der Waals surface area contributed by atoms with Crippen molar-refractivity contribution in [1.29, 1.82) is 0 Å². The molecule has 0 bridgehead atoms. The SMILES string of the molecule is O=c1oc2ccccc2n1CCSc1nncn1-c1cccc(Cl)c1. The van der Waals surface area contributed by atoms with Crippen LogP contribution in [-0.4, -0.2) is 25.1 Å². The van der Waals surface area contributed by atoms with Crippen LogP contribution >= 0.6 is 23.4 Å². The molecule has 4 rings (SSSR count). The van der Waals surface area contributed by atoms with E-state index in [4.69, 9.17) is 16.0 Å². The summed E-state index contributed by atoms with van der Waals surface area (Å²) in [5, 5.41) is 9.51. The Labute approximate surface area is 152 Å². The van der Waals surface area contributed by atoms with Gasteiger partial charge in [0, 0.05) is 17.3 Å². The molecule has 2 aromatic heterocycles. The molecule has 0 unspecified atom stereocenters. The number of halogens is 1. The lowest BCUT2D eigenvalue weighted by atomic mass is 10.3. The normalized spacial score (nSPS) is 11.2. The molecule has 0 atom stereocenters. The lowest BCUT2D eigenvalue weighted by molar-refractivity contribution is 0.514. The average molecular weight is 373 g/mol. The van der Waals surface area contributed by atoms with E-state index < -0.39 is 0 Å². The van der Waals surface area contributed by atoms with Crippen molar-refractivity contribution in [3.63, 3.8) is 0 Å². The Balaban J connectivity index is 1.52. The molecule has 126 valence electrons. The lowest BCUT2D eigenvalue weighted by Crippen LogP contribution is -2.15. The Hall–Kier alpha value is -2.51. The van der Waals surface area contributed by atoms with Crippen LogP contribution in [0.4, 0.5) is 0 Å². The fourth-order valence-electron chi connectivity index (χ4n) is 2.58. The summed E-state index contributed by atoms with van der Waals surface area (Å²) in [7, 11) is 0. The van der Waals surface area contributed by atoms with Gasteiger partial charge in [0.25, 0.3) is 0 Å². The molecule has 0 saturated carbocycles. The molecule has 0 N–H and O–H groups in total. The summed E-state index contributed by atoms with van der Waals surface area (Å²) in [4.78, 5) is 12.0. The Morgan fingerprint density at radius 3 is 2.92 bits per heavy atom. The lowest BCUT2D eigenvalue weighted by Gasteiger charge is -2.06. The maximum Gasteiger partial charge on any atom is 0.419 e. The van der Waals surface area contributed by atoms with Gasteiger partial charge in [-0.25, -0.2) is 4.79 Å². The van der Waals surface area contributed by atoms with Crippen LogP contribution in [0.3, 0.4) is 0 Å². The number of hydrogen-bond acceptors (Lipinski definition) is 5. The first kappa shape index (κ1) is 16.0. The fraction of sp³-hybridized carbons (Fsp3) is 0.118. The molecular weight excluding hydrogens is 360 g/mol. The van der Waals surface area contributed by atoms with E-state index in [0.717, 1.165) is 16.4 Å². The monoisotopic (exact) mass is 372 g/mol. The van der Waals surface area contributed by atoms with Gasteiger partial charge in [-0.05, 0) is 30.3 Å². The summed E-state index contributed by atoms with van der Waals surface area (Å²) in [6.45, 7) is 0.517. The van der Waals surface area contributed by atoms with E-state index in [1.807, 2.05) is 47.0 Å². The summed E-state index contributed by atoms with van der Waals surface area (Å²) in [5.74, 6) is 0.306. The van der Waals surface area contributed by atoms with Crippen molar-refractivity contribution in [3.05, 3.63) is 70.4 Å². The topological polar surface area (TPSA) is 65.8 Å². The highest BCUT2D eigenvalue weighted by molar-refractivity contribution is 7.99. The van der Waals surface area contributed by atoms with Crippen molar-refractivity contribution in [3.8, 4) is 5.69 Å². The molecule has 0 aliphatic heterocycles. The molecule has 2 heterocycles. The van der Waals surface area contributed by atoms with E-state index in [-0.39, 0.29) is 5.76 Å². The first-order valence-corrected chi connectivity index (χ1v) is 8.96. The van der Waals surface area contributed by atoms with Crippen LogP contribution in [-0.2, 0) is 6.54 Å². The van der Waals surface area contributed by atoms with Crippen LogP contribution in [0.15, 0.2) is 69.2 Å². The van der Waals surface area contributed by atoms with Crippen LogP contribution in [0, 0.1) is 0 Å². The fourth-order valence-corrected chi connectivity index (χ4v) is 3.62. The number of fused-ring (bicyclic) bond motifs is 1. The number of aryl methyl sites for hydroxylation is 1. The van der Waals surface area contributed by atoms with Gasteiger partial charge in [0.1, 0.15) is 6.33 Å². The first-order chi connectivity index (χ1) is 12.2. The van der Waals surface area contributed by atoms with Gasteiger partial charge in [0.2, 0.25) is 0 Å². The Morgan fingerprint density at radius 1 is 1.16 bits per heavy atom. The molecule has 25 heavy (non-hydrogen) atoms. The first-order valence-electron chi connectivity index (χ1n) is 7.59. The summed E-state index contributed by atoms with van der Waals surface area (Å²) >= 11 is 7.56. The minimum absolute atomic E-state index is 0.349. The molecule has 6 nitrogen and oxygen atoms in total. The van der Waals surface area contributed by atoms with Gasteiger partial charge in [-0.2, -0.15) is 0 Å². The van der Waals surface area contributed by atoms with Crippen molar-refractivity contribution in [1.82, 2.24) is 19.3 Å². The number of oxazole rings is 1. The van der Waals surface area contributed by atoms with Crippen molar-refractivity contribution in [2.45, 2.75) is 11.7 Å². The molecule has 0 aliphatic rings. The zero-order chi connectivity index (χ0) is 17.2. The zero-order valence-electron chi connectivity index (χ0n) is 13.0. The van der Waals surface area contributed by atoms with Crippen molar-refractivity contribution in [2.75, 3.05) is 5.75 Å². The van der Waals surface area contributed by atoms with Gasteiger partial charge in [0.05, 0.1) is 11.2 Å². The third-order valence-electron chi connectivity index (χ3n) is 3.72. The number of thioether (sulfide) groups is 1. The van der Waals surface area contributed by atoms with Crippen molar-refractivity contribution < 1.29 is 4.42 Å². The van der Waals surface area contributed by atoms with E-state index >= 15 is 0 Å². The maximum atomic E-state index is 12.0. The zero-order valence-corrected chi connectivity index (χ0v) is 14.6. The number of nitrogens with zero attached hydrogens (tertiary/aromatic N) is 4. The maximum absolute atomic E-state index is 12.0. The predicted octanol–water partition coefficient (Wildman–Crippen LogP) is 3.62. The third kappa shape index (κ3) is 3.20. The summed E-state index contributed by atoms with van der Waals surface area (Å²) in [6.07, 6.45) is 1.65. The minimum atomic E-state index is -0.349. The molecule has 0 saturated heterocycles. The standard InChI is InChI=1S/C17H13ClN4O2S/c18-12-4-3-5-13(10-12)22-11-19-20-16(22)25-9-8-21-14-6-1-2-7-15(14)24-17(21)23/h1-7,10-11H,8-9H2. The van der Waals surface area contributed by atoms with Gasteiger partial charge in [-0.1, -0.05) is 41.6 Å². The Morgan fingerprint density at radius 2 is 2.04 bits per heavy atom. The minimum Gasteiger partial charge on any atom is -0.408 e. The summed E-state index contributed by atoms with van der Waals surface area (Å²) in [6, 6.07) is 14.9. The van der Waals surface area contributed by atoms with Crippen LogP contribution in [0.2, 0.25) is 5.02 Å². The Bertz CT molecular complexity index is 1090. The Kier molecular flexibility index (Phi) is 4.33. The van der Waals surface area contributed by atoms with Gasteiger partial charge < -0.3 is 4.42 Å². The molecule has 0 amide bonds. The smallest absolute Gasteiger partial charge is 0.408 e. The number of hydrogen-bond donors (Lipinski definition) is 0. The highest BCUT2D eigenvalue weighted by Gasteiger charge is 2.11. The van der Waals surface area contributed by atoms with Crippen LogP contribution in [0.1, 0.15) is 0 Å². The molecule has 0 aliphatic carbocycles. The largest absolute Gasteiger partial charge is 0.419 e. The molecule has 2 aromatic carbocycles. The number of rotatable bonds is 5. The molecule has 4 aromatic rings. The summed E-state index contributed by atoms with van der Waals surface area (Å²) < 4.78 is 8.74. The number of benzene rings is 2. The molecule has 0 radical (unpaired) electrons. The van der Waals surface area contributed by atoms with E-state index in [9.17, 15) is 4.79 Å². The summed E-state index contributed by atoms with van der Waals surface area (Å²) in [5.41, 5.74) is 2.29. The van der Waals surface area contributed by atoms with E-state index in [0.29, 0.717) is 22.9 Å². The van der Waals surface area contributed by atoms with Crippen LogP contribution < -0.4 is 5.76 Å². The van der Waals surface area contributed by atoms with Gasteiger partial charge in [-0.3, -0.25) is 9.13 Å². The predicted molar refractivity (Wildman–Crippen MR) is 97.6 cm³/mol. The van der Waals surface area contributed by atoms with E-state index in [2.05, 4.69) is 10.2 Å². The number of aromatic nitrogens is 4. The van der Waals surface area contributed by atoms with Crippen molar-refractivity contribution in [2.24, 2.45) is 0 Å². The van der Waals surface area contributed by atoms with Crippen LogP contribution in [0.5, 0.6) is 0 Å². The second kappa shape index (κ2) is 6.78. The highest BCUT2D eigenvalue weighted by atomic mass is 35.5.